The number of thioether (sulfide) groups is 1. The Balaban J connectivity index is 3.79. The minimum atomic E-state index is -0.150. The van der Waals surface area contributed by atoms with Crippen LogP contribution >= 0.6 is 11.8 Å². The van der Waals surface area contributed by atoms with Crippen molar-refractivity contribution in [2.45, 2.75) is 25.8 Å². The van der Waals surface area contributed by atoms with E-state index in [1.165, 1.54) is 7.11 Å². The van der Waals surface area contributed by atoms with E-state index in [1.807, 2.05) is 6.26 Å². The summed E-state index contributed by atoms with van der Waals surface area (Å²) in [7, 11) is 1.43. The molecule has 78 valence electrons. The van der Waals surface area contributed by atoms with Crippen molar-refractivity contribution in [3.8, 4) is 0 Å². The molecule has 0 aromatic carbocycles. The average molecular weight is 205 g/mol. The van der Waals surface area contributed by atoms with Gasteiger partial charge in [0.05, 0.1) is 7.11 Å². The molecule has 0 aliphatic heterocycles. The van der Waals surface area contributed by atoms with Gasteiger partial charge in [0.15, 0.2) is 0 Å². The Kier molecular flexibility index (Phi) is 8.24. The van der Waals surface area contributed by atoms with Crippen LogP contribution in [0.15, 0.2) is 0 Å². The van der Waals surface area contributed by atoms with Crippen LogP contribution < -0.4 is 5.32 Å². The number of carbonyl (C=O) groups excluding carboxylic acids is 1. The van der Waals surface area contributed by atoms with Crippen LogP contribution in [0, 0.1) is 0 Å². The third-order valence-electron chi connectivity index (χ3n) is 1.74. The number of ether oxygens (including phenoxy) is 1. The van der Waals surface area contributed by atoms with Crippen molar-refractivity contribution < 1.29 is 9.53 Å². The zero-order chi connectivity index (χ0) is 10.1. The zero-order valence-corrected chi connectivity index (χ0v) is 9.45. The summed E-state index contributed by atoms with van der Waals surface area (Å²) >= 11 is 1.74. The number of carbonyl (C=O) groups is 1. The molecule has 0 saturated heterocycles. The van der Waals surface area contributed by atoms with Gasteiger partial charge in [-0.15, -0.1) is 0 Å². The van der Waals surface area contributed by atoms with Crippen LogP contribution in [-0.2, 0) is 9.53 Å². The fourth-order valence-corrected chi connectivity index (χ4v) is 1.47. The van der Waals surface area contributed by atoms with E-state index in [-0.39, 0.29) is 12.0 Å². The summed E-state index contributed by atoms with van der Waals surface area (Å²) in [5.74, 6) is 0.832. The van der Waals surface area contributed by atoms with Gasteiger partial charge in [0.2, 0.25) is 0 Å². The molecule has 0 radical (unpaired) electrons. The highest BCUT2D eigenvalue weighted by molar-refractivity contribution is 7.98. The largest absolute Gasteiger partial charge is 0.468 e. The summed E-state index contributed by atoms with van der Waals surface area (Å²) in [4.78, 5) is 11.2. The molecule has 1 N–H and O–H groups in total. The first-order valence-corrected chi connectivity index (χ1v) is 5.95. The van der Waals surface area contributed by atoms with Gasteiger partial charge in [0, 0.05) is 0 Å². The molecule has 0 aliphatic carbocycles. The molecule has 0 saturated carbocycles. The van der Waals surface area contributed by atoms with Crippen molar-refractivity contribution >= 4 is 17.7 Å². The summed E-state index contributed by atoms with van der Waals surface area (Å²) in [6.07, 6.45) is 3.91. The van der Waals surface area contributed by atoms with Gasteiger partial charge in [0.1, 0.15) is 6.04 Å². The molecule has 4 heteroatoms. The first kappa shape index (κ1) is 12.8. The lowest BCUT2D eigenvalue weighted by molar-refractivity contribution is -0.143. The molecule has 0 bridgehead atoms. The smallest absolute Gasteiger partial charge is 0.322 e. The predicted molar refractivity (Wildman–Crippen MR) is 57.1 cm³/mol. The van der Waals surface area contributed by atoms with E-state index in [2.05, 4.69) is 12.2 Å². The quantitative estimate of drug-likeness (QED) is 0.635. The van der Waals surface area contributed by atoms with Gasteiger partial charge in [0.25, 0.3) is 0 Å². The lowest BCUT2D eigenvalue weighted by Crippen LogP contribution is -2.38. The Morgan fingerprint density at radius 2 is 2.31 bits per heavy atom. The molecule has 0 fully saturated rings. The van der Waals surface area contributed by atoms with Crippen molar-refractivity contribution in [3.63, 3.8) is 0 Å². The molecule has 13 heavy (non-hydrogen) atoms. The predicted octanol–water partition coefficient (Wildman–Crippen LogP) is 1.28. The van der Waals surface area contributed by atoms with Gasteiger partial charge in [-0.1, -0.05) is 6.92 Å². The first-order valence-electron chi connectivity index (χ1n) is 4.56. The summed E-state index contributed by atoms with van der Waals surface area (Å²) < 4.78 is 4.70. The third kappa shape index (κ3) is 5.93. The maximum atomic E-state index is 11.2. The van der Waals surface area contributed by atoms with Crippen LogP contribution in [0.4, 0.5) is 0 Å². The molecule has 0 unspecified atom stereocenters. The van der Waals surface area contributed by atoms with Crippen molar-refractivity contribution in [3.05, 3.63) is 0 Å². The highest BCUT2D eigenvalue weighted by Gasteiger charge is 2.16. The topological polar surface area (TPSA) is 38.3 Å². The van der Waals surface area contributed by atoms with E-state index in [9.17, 15) is 4.79 Å². The molecule has 1 atom stereocenters. The molecule has 0 aromatic heterocycles. The van der Waals surface area contributed by atoms with Crippen LogP contribution in [0.3, 0.4) is 0 Å². The number of hydrogen-bond acceptors (Lipinski definition) is 4. The molecule has 0 rings (SSSR count). The Labute approximate surface area is 84.6 Å². The highest BCUT2D eigenvalue weighted by atomic mass is 32.2. The number of hydrogen-bond donors (Lipinski definition) is 1. The van der Waals surface area contributed by atoms with Crippen molar-refractivity contribution in [1.82, 2.24) is 5.32 Å². The van der Waals surface area contributed by atoms with E-state index in [0.29, 0.717) is 0 Å². The van der Waals surface area contributed by atoms with Gasteiger partial charge >= 0.3 is 5.97 Å². The van der Waals surface area contributed by atoms with Crippen LogP contribution in [0.1, 0.15) is 19.8 Å². The standard InChI is InChI=1S/C9H19NO2S/c1-4-6-10-8(5-7-13-3)9(11)12-2/h8,10H,4-7H2,1-3H3/t8-/m0/s1. The fourth-order valence-electron chi connectivity index (χ4n) is 1.000. The second-order valence-corrected chi connectivity index (χ2v) is 3.80. The van der Waals surface area contributed by atoms with Gasteiger partial charge in [-0.25, -0.2) is 0 Å². The van der Waals surface area contributed by atoms with Crippen LogP contribution in [-0.4, -0.2) is 37.7 Å². The third-order valence-corrected chi connectivity index (χ3v) is 2.38. The number of nitrogens with one attached hydrogen (secondary N) is 1. The average Bonchev–Trinajstić information content (AvgIpc) is 2.17. The van der Waals surface area contributed by atoms with E-state index < -0.39 is 0 Å². The summed E-state index contributed by atoms with van der Waals surface area (Å²) in [5.41, 5.74) is 0. The summed E-state index contributed by atoms with van der Waals surface area (Å²) in [6.45, 7) is 2.95. The van der Waals surface area contributed by atoms with Crippen molar-refractivity contribution in [2.24, 2.45) is 0 Å². The lowest BCUT2D eigenvalue weighted by atomic mass is 10.2. The number of methoxy groups -OCH3 is 1. The van der Waals surface area contributed by atoms with Gasteiger partial charge in [-0.3, -0.25) is 4.79 Å². The minimum absolute atomic E-state index is 0.127. The van der Waals surface area contributed by atoms with Crippen LogP contribution in [0.5, 0.6) is 0 Å². The first-order chi connectivity index (χ1) is 6.26. The molecule has 0 aromatic rings. The van der Waals surface area contributed by atoms with Gasteiger partial charge < -0.3 is 10.1 Å². The second kappa shape index (κ2) is 8.38. The maximum absolute atomic E-state index is 11.2. The summed E-state index contributed by atoms with van der Waals surface area (Å²) in [5, 5.41) is 3.17. The normalized spacial score (nSPS) is 12.5. The SMILES string of the molecule is CCCN[C@@H](CCSC)C(=O)OC. The molecule has 0 heterocycles. The Morgan fingerprint density at radius 3 is 2.77 bits per heavy atom. The highest BCUT2D eigenvalue weighted by Crippen LogP contribution is 2.02. The summed E-state index contributed by atoms with van der Waals surface area (Å²) in [6, 6.07) is -0.127. The van der Waals surface area contributed by atoms with Crippen LogP contribution in [0.2, 0.25) is 0 Å². The monoisotopic (exact) mass is 205 g/mol. The van der Waals surface area contributed by atoms with E-state index in [4.69, 9.17) is 4.74 Å². The van der Waals surface area contributed by atoms with E-state index in [0.717, 1.165) is 25.1 Å². The van der Waals surface area contributed by atoms with E-state index >= 15 is 0 Å². The van der Waals surface area contributed by atoms with E-state index in [1.54, 1.807) is 11.8 Å². The lowest BCUT2D eigenvalue weighted by Gasteiger charge is -2.14. The molecular weight excluding hydrogens is 186 g/mol. The fraction of sp³-hybridized carbons (Fsp3) is 0.889. The molecule has 3 nitrogen and oxygen atoms in total. The van der Waals surface area contributed by atoms with Gasteiger partial charge in [-0.05, 0) is 31.4 Å². The van der Waals surface area contributed by atoms with Crippen molar-refractivity contribution in [2.75, 3.05) is 25.7 Å². The molecule has 0 spiro atoms. The Hall–Kier alpha value is -0.220. The second-order valence-electron chi connectivity index (χ2n) is 2.81. The maximum Gasteiger partial charge on any atom is 0.322 e. The molecular formula is C9H19NO2S. The van der Waals surface area contributed by atoms with Gasteiger partial charge in [-0.2, -0.15) is 11.8 Å². The van der Waals surface area contributed by atoms with Crippen LogP contribution in [0.25, 0.3) is 0 Å². The zero-order valence-electron chi connectivity index (χ0n) is 8.63. The Morgan fingerprint density at radius 1 is 1.62 bits per heavy atom. The van der Waals surface area contributed by atoms with Crippen molar-refractivity contribution in [1.29, 1.82) is 0 Å². The molecule has 0 aliphatic rings. The Bertz CT molecular complexity index is 134. The minimum Gasteiger partial charge on any atom is -0.468 e. The number of rotatable bonds is 7. The molecule has 0 amide bonds. The number of esters is 1.